The molecule has 0 aliphatic rings. The van der Waals surface area contributed by atoms with E-state index in [2.05, 4.69) is 11.9 Å². The van der Waals surface area contributed by atoms with E-state index in [0.717, 1.165) is 5.57 Å². The molecule has 6 heteroatoms. The summed E-state index contributed by atoms with van der Waals surface area (Å²) in [7, 11) is 0. The van der Waals surface area contributed by atoms with Crippen LogP contribution in [0.5, 0.6) is 0 Å². The molecule has 98 valence electrons. The molecule has 0 bridgehead atoms. The van der Waals surface area contributed by atoms with Crippen molar-refractivity contribution in [1.29, 1.82) is 0 Å². The molecule has 18 heavy (non-hydrogen) atoms. The van der Waals surface area contributed by atoms with Gasteiger partial charge in [-0.2, -0.15) is 0 Å². The first-order chi connectivity index (χ1) is 8.50. The first-order valence-corrected chi connectivity index (χ1v) is 5.78. The van der Waals surface area contributed by atoms with E-state index in [1.807, 2.05) is 6.92 Å². The highest BCUT2D eigenvalue weighted by molar-refractivity contribution is 6.33. The molecule has 0 fully saturated rings. The van der Waals surface area contributed by atoms with Crippen LogP contribution in [0.3, 0.4) is 0 Å². The van der Waals surface area contributed by atoms with E-state index in [-0.39, 0.29) is 5.69 Å². The molecule has 0 aliphatic heterocycles. The monoisotopic (exact) mass is 270 g/mol. The molecule has 5 nitrogen and oxygen atoms in total. The number of benzene rings is 1. The number of hydrogen-bond donors (Lipinski definition) is 1. The summed E-state index contributed by atoms with van der Waals surface area (Å²) in [6.07, 6.45) is 0. The minimum absolute atomic E-state index is 0.0240. The van der Waals surface area contributed by atoms with Crippen LogP contribution in [0.2, 0.25) is 5.02 Å². The quantitative estimate of drug-likeness (QED) is 0.357. The molecule has 0 amide bonds. The maximum absolute atomic E-state index is 10.5. The molecule has 0 saturated carbocycles. The minimum Gasteiger partial charge on any atom is -0.382 e. The number of rotatable bonds is 7. The highest BCUT2D eigenvalue weighted by Crippen LogP contribution is 2.26. The number of nitrogens with one attached hydrogen (secondary N) is 1. The molecule has 1 rings (SSSR count). The number of nitro benzene ring substituents is 1. The first-order valence-electron chi connectivity index (χ1n) is 5.40. The van der Waals surface area contributed by atoms with Gasteiger partial charge in [-0.3, -0.25) is 10.1 Å². The summed E-state index contributed by atoms with van der Waals surface area (Å²) in [6, 6.07) is 4.31. The van der Waals surface area contributed by atoms with Gasteiger partial charge >= 0.3 is 0 Å². The van der Waals surface area contributed by atoms with E-state index < -0.39 is 4.92 Å². The van der Waals surface area contributed by atoms with Gasteiger partial charge in [0, 0.05) is 18.7 Å². The van der Waals surface area contributed by atoms with Gasteiger partial charge in [0.2, 0.25) is 0 Å². The number of non-ortho nitro benzene ring substituents is 1. The Morgan fingerprint density at radius 1 is 1.61 bits per heavy atom. The summed E-state index contributed by atoms with van der Waals surface area (Å²) in [5, 5.41) is 13.9. The number of ether oxygens (including phenoxy) is 1. The van der Waals surface area contributed by atoms with Crippen LogP contribution >= 0.6 is 11.6 Å². The zero-order valence-electron chi connectivity index (χ0n) is 10.1. The predicted octanol–water partition coefficient (Wildman–Crippen LogP) is 3.25. The molecule has 0 saturated heterocycles. The number of halogens is 1. The third kappa shape index (κ3) is 4.73. The van der Waals surface area contributed by atoms with Crippen LogP contribution < -0.4 is 5.32 Å². The van der Waals surface area contributed by atoms with Gasteiger partial charge in [-0.1, -0.05) is 23.8 Å². The van der Waals surface area contributed by atoms with Crippen molar-refractivity contribution >= 4 is 23.0 Å². The fraction of sp³-hybridized carbons (Fsp3) is 0.333. The van der Waals surface area contributed by atoms with Gasteiger partial charge in [0.25, 0.3) is 5.69 Å². The SMILES string of the molecule is C=C(C)COCCNc1ccc([N+](=O)[O-])cc1Cl. The van der Waals surface area contributed by atoms with Crippen molar-refractivity contribution in [3.63, 3.8) is 0 Å². The van der Waals surface area contributed by atoms with Gasteiger partial charge in [0.1, 0.15) is 0 Å². The number of hydrogen-bond acceptors (Lipinski definition) is 4. The number of nitro groups is 1. The average Bonchev–Trinajstić information content (AvgIpc) is 2.29. The zero-order chi connectivity index (χ0) is 13.5. The van der Waals surface area contributed by atoms with Crippen LogP contribution in [0.15, 0.2) is 30.4 Å². The normalized spacial score (nSPS) is 10.1. The second kappa shape index (κ2) is 6.98. The Bertz CT molecular complexity index is 449. The lowest BCUT2D eigenvalue weighted by atomic mass is 10.3. The van der Waals surface area contributed by atoms with Crippen LogP contribution in [0.25, 0.3) is 0 Å². The fourth-order valence-corrected chi connectivity index (χ4v) is 1.51. The number of nitrogens with zero attached hydrogens (tertiary/aromatic N) is 1. The smallest absolute Gasteiger partial charge is 0.271 e. The lowest BCUT2D eigenvalue weighted by Gasteiger charge is -2.08. The van der Waals surface area contributed by atoms with Crippen molar-refractivity contribution in [3.05, 3.63) is 45.5 Å². The average molecular weight is 271 g/mol. The highest BCUT2D eigenvalue weighted by atomic mass is 35.5. The Balaban J connectivity index is 2.43. The van der Waals surface area contributed by atoms with Gasteiger partial charge < -0.3 is 10.1 Å². The molecule has 0 atom stereocenters. The molecular weight excluding hydrogens is 256 g/mol. The lowest BCUT2D eigenvalue weighted by molar-refractivity contribution is -0.384. The maximum Gasteiger partial charge on any atom is 0.271 e. The Labute approximate surface area is 111 Å². The molecule has 0 spiro atoms. The van der Waals surface area contributed by atoms with Crippen molar-refractivity contribution in [2.45, 2.75) is 6.92 Å². The van der Waals surface area contributed by atoms with Crippen LogP contribution in [-0.4, -0.2) is 24.7 Å². The minimum atomic E-state index is -0.481. The van der Waals surface area contributed by atoms with Gasteiger partial charge in [-0.05, 0) is 13.0 Å². The Morgan fingerprint density at radius 3 is 2.89 bits per heavy atom. The summed E-state index contributed by atoms with van der Waals surface area (Å²) < 4.78 is 5.31. The van der Waals surface area contributed by atoms with Crippen LogP contribution in [-0.2, 0) is 4.74 Å². The fourth-order valence-electron chi connectivity index (χ4n) is 1.27. The Morgan fingerprint density at radius 2 is 2.33 bits per heavy atom. The van der Waals surface area contributed by atoms with Gasteiger partial charge in [0.05, 0.1) is 28.8 Å². The van der Waals surface area contributed by atoms with Crippen LogP contribution in [0, 0.1) is 10.1 Å². The van der Waals surface area contributed by atoms with Gasteiger partial charge in [-0.15, -0.1) is 0 Å². The van der Waals surface area contributed by atoms with E-state index in [4.69, 9.17) is 16.3 Å². The third-order valence-corrected chi connectivity index (χ3v) is 2.39. The van der Waals surface area contributed by atoms with Crippen LogP contribution in [0.4, 0.5) is 11.4 Å². The van der Waals surface area contributed by atoms with Crippen molar-refractivity contribution in [3.8, 4) is 0 Å². The van der Waals surface area contributed by atoms with Crippen molar-refractivity contribution in [2.75, 3.05) is 25.1 Å². The van der Waals surface area contributed by atoms with E-state index in [1.54, 1.807) is 6.07 Å². The molecule has 0 radical (unpaired) electrons. The lowest BCUT2D eigenvalue weighted by Crippen LogP contribution is -2.10. The highest BCUT2D eigenvalue weighted by Gasteiger charge is 2.08. The standard InChI is InChI=1S/C12H15ClN2O3/c1-9(2)8-18-6-5-14-12-4-3-10(15(16)17)7-11(12)13/h3-4,7,14H,1,5-6,8H2,2H3. The van der Waals surface area contributed by atoms with Gasteiger partial charge in [-0.25, -0.2) is 0 Å². The van der Waals surface area contributed by atoms with Crippen molar-refractivity contribution < 1.29 is 9.66 Å². The molecule has 1 aromatic carbocycles. The van der Waals surface area contributed by atoms with E-state index >= 15 is 0 Å². The molecule has 1 N–H and O–H groups in total. The zero-order valence-corrected chi connectivity index (χ0v) is 10.9. The van der Waals surface area contributed by atoms with Gasteiger partial charge in [0.15, 0.2) is 0 Å². The Kier molecular flexibility index (Phi) is 5.61. The van der Waals surface area contributed by atoms with Crippen LogP contribution in [0.1, 0.15) is 6.92 Å². The molecule has 0 aromatic heterocycles. The largest absolute Gasteiger partial charge is 0.382 e. The summed E-state index contributed by atoms with van der Waals surface area (Å²) >= 11 is 5.91. The Hall–Kier alpha value is -1.59. The molecular formula is C12H15ClN2O3. The third-order valence-electron chi connectivity index (χ3n) is 2.07. The summed E-state index contributed by atoms with van der Waals surface area (Å²) in [5.74, 6) is 0. The summed E-state index contributed by atoms with van der Waals surface area (Å²) in [4.78, 5) is 10.0. The van der Waals surface area contributed by atoms with E-state index in [9.17, 15) is 10.1 Å². The second-order valence-corrected chi connectivity index (χ2v) is 4.26. The maximum atomic E-state index is 10.5. The molecule has 0 heterocycles. The predicted molar refractivity (Wildman–Crippen MR) is 72.2 cm³/mol. The molecule has 1 aromatic rings. The summed E-state index contributed by atoms with van der Waals surface area (Å²) in [5.41, 5.74) is 1.59. The molecule has 0 aliphatic carbocycles. The first kappa shape index (κ1) is 14.5. The van der Waals surface area contributed by atoms with Crippen molar-refractivity contribution in [2.24, 2.45) is 0 Å². The van der Waals surface area contributed by atoms with E-state index in [1.165, 1.54) is 12.1 Å². The summed E-state index contributed by atoms with van der Waals surface area (Å²) in [6.45, 7) is 7.22. The van der Waals surface area contributed by atoms with Crippen molar-refractivity contribution in [1.82, 2.24) is 0 Å². The second-order valence-electron chi connectivity index (χ2n) is 3.86. The molecule has 0 unspecified atom stereocenters. The van der Waals surface area contributed by atoms with E-state index in [0.29, 0.717) is 30.5 Å². The topological polar surface area (TPSA) is 64.4 Å². The number of anilines is 1.